The van der Waals surface area contributed by atoms with E-state index in [2.05, 4.69) is 4.98 Å². The summed E-state index contributed by atoms with van der Waals surface area (Å²) >= 11 is 6.11. The van der Waals surface area contributed by atoms with Crippen LogP contribution in [0, 0.1) is 12.8 Å². The summed E-state index contributed by atoms with van der Waals surface area (Å²) < 4.78 is 5.24. The van der Waals surface area contributed by atoms with Crippen LogP contribution in [0.2, 0.25) is 5.02 Å². The molecule has 0 radical (unpaired) electrons. The maximum absolute atomic E-state index is 12.3. The molecule has 0 N–H and O–H groups in total. The van der Waals surface area contributed by atoms with E-state index in [1.165, 1.54) is 12.8 Å². The molecule has 1 unspecified atom stereocenters. The molecule has 1 aliphatic carbocycles. The number of rotatable bonds is 6. The number of hydrogen-bond acceptors (Lipinski definition) is 3. The normalized spacial score (nSPS) is 15.1. The molecule has 0 saturated heterocycles. The quantitative estimate of drug-likeness (QED) is 0.680. The number of carbonyl (C=O) groups excluding carboxylic acids is 1. The van der Waals surface area contributed by atoms with E-state index in [9.17, 15) is 4.79 Å². The number of ether oxygens (including phenoxy) is 1. The summed E-state index contributed by atoms with van der Waals surface area (Å²) in [4.78, 5) is 16.8. The Hall–Kier alpha value is -1.87. The van der Waals surface area contributed by atoms with Crippen molar-refractivity contribution in [3.63, 3.8) is 0 Å². The first-order chi connectivity index (χ1) is 11.6. The van der Waals surface area contributed by atoms with Gasteiger partial charge in [-0.25, -0.2) is 0 Å². The van der Waals surface area contributed by atoms with Crippen LogP contribution in [0.15, 0.2) is 36.5 Å². The summed E-state index contributed by atoms with van der Waals surface area (Å²) in [5.74, 6) is 0.214. The molecule has 1 heterocycles. The molecule has 3 nitrogen and oxygen atoms in total. The lowest BCUT2D eigenvalue weighted by atomic mass is 9.96. The Bertz CT molecular complexity index is 723. The fourth-order valence-electron chi connectivity index (χ4n) is 2.94. The lowest BCUT2D eigenvalue weighted by Crippen LogP contribution is -2.17. The summed E-state index contributed by atoms with van der Waals surface area (Å²) in [7, 11) is 0. The summed E-state index contributed by atoms with van der Waals surface area (Å²) in [6, 6.07) is 9.79. The highest BCUT2D eigenvalue weighted by Gasteiger charge is 2.32. The zero-order valence-electron chi connectivity index (χ0n) is 14.1. The molecular weight excluding hydrogens is 322 g/mol. The number of benzene rings is 1. The molecule has 2 aromatic rings. The molecule has 1 fully saturated rings. The van der Waals surface area contributed by atoms with E-state index in [4.69, 9.17) is 16.3 Å². The number of aryl methyl sites for hydroxylation is 1. The number of esters is 1. The van der Waals surface area contributed by atoms with Gasteiger partial charge in [-0.3, -0.25) is 9.78 Å². The second-order valence-electron chi connectivity index (χ2n) is 6.41. The molecule has 1 saturated carbocycles. The summed E-state index contributed by atoms with van der Waals surface area (Å²) in [5.41, 5.74) is 4.02. The summed E-state index contributed by atoms with van der Waals surface area (Å²) in [5, 5.41) is 0.706. The number of halogens is 1. The van der Waals surface area contributed by atoms with Gasteiger partial charge in [0.15, 0.2) is 0 Å². The van der Waals surface area contributed by atoms with Gasteiger partial charge in [0.25, 0.3) is 0 Å². The third kappa shape index (κ3) is 3.96. The van der Waals surface area contributed by atoms with Crippen LogP contribution in [0.4, 0.5) is 0 Å². The van der Waals surface area contributed by atoms with Crippen molar-refractivity contribution in [1.29, 1.82) is 0 Å². The Morgan fingerprint density at radius 1 is 1.33 bits per heavy atom. The molecule has 126 valence electrons. The van der Waals surface area contributed by atoms with Gasteiger partial charge in [0.1, 0.15) is 0 Å². The molecule has 3 rings (SSSR count). The molecule has 1 aromatic heterocycles. The average Bonchev–Trinajstić information content (AvgIpc) is 3.39. The Morgan fingerprint density at radius 3 is 2.75 bits per heavy atom. The third-order valence-electron chi connectivity index (χ3n) is 4.49. The summed E-state index contributed by atoms with van der Waals surface area (Å²) in [6.45, 7) is 4.29. The van der Waals surface area contributed by atoms with Crippen molar-refractivity contribution in [2.45, 2.75) is 39.0 Å². The Kier molecular flexibility index (Phi) is 5.20. The third-order valence-corrected chi connectivity index (χ3v) is 4.73. The van der Waals surface area contributed by atoms with Crippen molar-refractivity contribution in [2.75, 3.05) is 6.61 Å². The van der Waals surface area contributed by atoms with Crippen LogP contribution in [0.1, 0.15) is 43.4 Å². The van der Waals surface area contributed by atoms with Gasteiger partial charge in [-0.1, -0.05) is 36.6 Å². The molecule has 4 heteroatoms. The van der Waals surface area contributed by atoms with E-state index in [1.807, 2.05) is 50.4 Å². The number of nitrogens with zero attached hydrogens (tertiary/aromatic N) is 1. The van der Waals surface area contributed by atoms with Crippen LogP contribution in [-0.2, 0) is 9.53 Å². The predicted molar refractivity (Wildman–Crippen MR) is 96.1 cm³/mol. The van der Waals surface area contributed by atoms with Crippen molar-refractivity contribution in [2.24, 2.45) is 5.92 Å². The largest absolute Gasteiger partial charge is 0.465 e. The van der Waals surface area contributed by atoms with Crippen molar-refractivity contribution < 1.29 is 9.53 Å². The average molecular weight is 344 g/mol. The van der Waals surface area contributed by atoms with Gasteiger partial charge in [-0.15, -0.1) is 0 Å². The highest BCUT2D eigenvalue weighted by molar-refractivity contribution is 6.30. The first-order valence-electron chi connectivity index (χ1n) is 8.47. The number of aromatic nitrogens is 1. The van der Waals surface area contributed by atoms with E-state index in [1.54, 1.807) is 0 Å². The van der Waals surface area contributed by atoms with Crippen molar-refractivity contribution in [3.05, 3.63) is 52.8 Å². The number of hydrogen-bond donors (Lipinski definition) is 0. The lowest BCUT2D eigenvalue weighted by Gasteiger charge is -2.15. The van der Waals surface area contributed by atoms with E-state index in [0.717, 1.165) is 28.8 Å². The molecule has 0 aliphatic heterocycles. The first-order valence-corrected chi connectivity index (χ1v) is 8.85. The Labute approximate surface area is 148 Å². The molecule has 0 bridgehead atoms. The molecule has 1 aromatic carbocycles. The molecule has 1 atom stereocenters. The Morgan fingerprint density at radius 2 is 2.12 bits per heavy atom. The van der Waals surface area contributed by atoms with Crippen LogP contribution in [0.5, 0.6) is 0 Å². The van der Waals surface area contributed by atoms with Gasteiger partial charge < -0.3 is 4.74 Å². The zero-order valence-corrected chi connectivity index (χ0v) is 14.8. The van der Waals surface area contributed by atoms with Crippen LogP contribution < -0.4 is 0 Å². The molecule has 0 amide bonds. The van der Waals surface area contributed by atoms with Crippen molar-refractivity contribution in [3.8, 4) is 11.1 Å². The summed E-state index contributed by atoms with van der Waals surface area (Å²) in [6.07, 6.45) is 5.07. The van der Waals surface area contributed by atoms with Gasteiger partial charge in [-0.05, 0) is 55.5 Å². The fraction of sp³-hybridized carbons (Fsp3) is 0.400. The van der Waals surface area contributed by atoms with Gasteiger partial charge in [0, 0.05) is 16.8 Å². The monoisotopic (exact) mass is 343 g/mol. The van der Waals surface area contributed by atoms with Crippen LogP contribution >= 0.6 is 11.6 Å². The first kappa shape index (κ1) is 17.0. The van der Waals surface area contributed by atoms with Crippen molar-refractivity contribution >= 4 is 17.6 Å². The highest BCUT2D eigenvalue weighted by atomic mass is 35.5. The maximum Gasteiger partial charge on any atom is 0.315 e. The minimum absolute atomic E-state index is 0.163. The lowest BCUT2D eigenvalue weighted by molar-refractivity contribution is -0.145. The highest BCUT2D eigenvalue weighted by Crippen LogP contribution is 2.39. The van der Waals surface area contributed by atoms with E-state index >= 15 is 0 Å². The minimum Gasteiger partial charge on any atom is -0.465 e. The second kappa shape index (κ2) is 7.35. The second-order valence-corrected chi connectivity index (χ2v) is 6.85. The molecule has 0 spiro atoms. The topological polar surface area (TPSA) is 39.2 Å². The fourth-order valence-corrected chi connectivity index (χ4v) is 3.12. The van der Waals surface area contributed by atoms with E-state index in [-0.39, 0.29) is 11.9 Å². The van der Waals surface area contributed by atoms with Crippen LogP contribution in [0.3, 0.4) is 0 Å². The maximum atomic E-state index is 12.3. The Balaban J connectivity index is 1.85. The zero-order chi connectivity index (χ0) is 17.1. The molecule has 1 aliphatic rings. The van der Waals surface area contributed by atoms with Gasteiger partial charge in [-0.2, -0.15) is 0 Å². The van der Waals surface area contributed by atoms with Gasteiger partial charge in [0.05, 0.1) is 18.2 Å². The van der Waals surface area contributed by atoms with Crippen LogP contribution in [-0.4, -0.2) is 17.6 Å². The SMILES string of the molecule is CCOC(=O)C(CC1CC1)c1ccc(-c2cc(Cl)ccc2C)cn1. The number of carbonyl (C=O) groups is 1. The van der Waals surface area contributed by atoms with Gasteiger partial charge in [0.2, 0.25) is 0 Å². The van der Waals surface area contributed by atoms with Crippen LogP contribution in [0.25, 0.3) is 11.1 Å². The smallest absolute Gasteiger partial charge is 0.315 e. The van der Waals surface area contributed by atoms with E-state index in [0.29, 0.717) is 17.5 Å². The minimum atomic E-state index is -0.257. The van der Waals surface area contributed by atoms with Gasteiger partial charge >= 0.3 is 5.97 Å². The van der Waals surface area contributed by atoms with Crippen molar-refractivity contribution in [1.82, 2.24) is 4.98 Å². The standard InChI is InChI=1S/C20H22ClNO2/c1-3-24-20(23)18(10-14-5-6-14)19-9-7-15(12-22-19)17-11-16(21)8-4-13(17)2/h4,7-9,11-12,14,18H,3,5-6,10H2,1-2H3. The number of pyridine rings is 1. The predicted octanol–water partition coefficient (Wildman–Crippen LogP) is 5.16. The molecular formula is C20H22ClNO2. The van der Waals surface area contributed by atoms with E-state index < -0.39 is 0 Å². The molecule has 24 heavy (non-hydrogen) atoms.